The minimum Gasteiger partial charge on any atom is -0.478 e. The number of amides is 2. The van der Waals surface area contributed by atoms with Crippen LogP contribution in [0.15, 0.2) is 60.1 Å². The molecular weight excluding hydrogens is 690 g/mol. The van der Waals surface area contributed by atoms with Crippen LogP contribution >= 0.6 is 45.6 Å². The number of para-hydroxylation sites is 1. The Kier molecular flexibility index (Phi) is 8.66. The minimum absolute atomic E-state index is 0.0433. The molecule has 246 valence electrons. The lowest BCUT2D eigenvalue weighted by molar-refractivity contribution is 0.0681. The maximum atomic E-state index is 13.9. The van der Waals surface area contributed by atoms with E-state index in [2.05, 4.69) is 15.3 Å². The monoisotopic (exact) mass is 719 g/mol. The van der Waals surface area contributed by atoms with Crippen LogP contribution in [0.1, 0.15) is 49.9 Å². The maximum absolute atomic E-state index is 13.9. The lowest BCUT2D eigenvalue weighted by Gasteiger charge is -2.27. The van der Waals surface area contributed by atoms with E-state index in [0.29, 0.717) is 39.5 Å². The first kappa shape index (κ1) is 32.2. The number of hydrogen-bond acceptors (Lipinski definition) is 10. The molecule has 0 spiro atoms. The van der Waals surface area contributed by atoms with Crippen molar-refractivity contribution in [2.45, 2.75) is 31.8 Å². The Morgan fingerprint density at radius 3 is 2.58 bits per heavy atom. The van der Waals surface area contributed by atoms with Crippen LogP contribution in [-0.4, -0.2) is 79.9 Å². The zero-order valence-electron chi connectivity index (χ0n) is 26.1. The van der Waals surface area contributed by atoms with Crippen molar-refractivity contribution in [3.8, 4) is 10.4 Å². The molecule has 2 fully saturated rings. The summed E-state index contributed by atoms with van der Waals surface area (Å²) in [6, 6.07) is 15.1. The number of rotatable bonds is 7. The molecule has 11 nitrogen and oxygen atoms in total. The predicted molar refractivity (Wildman–Crippen MR) is 190 cm³/mol. The second kappa shape index (κ2) is 12.9. The molecular formula is C33H30ClN7O4S3. The second-order valence-corrected chi connectivity index (χ2v) is 15.3. The highest BCUT2D eigenvalue weighted by Gasteiger charge is 2.54. The maximum Gasteiger partial charge on any atom is 0.337 e. The minimum atomic E-state index is -0.979. The van der Waals surface area contributed by atoms with E-state index in [9.17, 15) is 14.4 Å². The number of carbonyl (C=O) groups is 3. The highest BCUT2D eigenvalue weighted by atomic mass is 35.5. The van der Waals surface area contributed by atoms with Crippen LogP contribution in [0.5, 0.6) is 0 Å². The average Bonchev–Trinajstić information content (AvgIpc) is 3.59. The number of thiazole rings is 3. The fraction of sp³-hybridized carbons (Fsp3) is 0.273. The van der Waals surface area contributed by atoms with Gasteiger partial charge in [0.05, 0.1) is 32.4 Å². The predicted octanol–water partition coefficient (Wildman–Crippen LogP) is 6.57. The van der Waals surface area contributed by atoms with Crippen molar-refractivity contribution in [3.63, 3.8) is 0 Å². The molecule has 0 bridgehead atoms. The molecule has 0 radical (unpaired) electrons. The third-order valence-electron chi connectivity index (χ3n) is 8.46. The van der Waals surface area contributed by atoms with Crippen LogP contribution in [-0.2, 0) is 0 Å². The van der Waals surface area contributed by atoms with E-state index in [4.69, 9.17) is 21.7 Å². The first-order valence-electron chi connectivity index (χ1n) is 15.2. The number of piperidine rings is 1. The Morgan fingerprint density at radius 2 is 1.83 bits per heavy atom. The number of likely N-dealkylation sites (tertiary alicyclic amines) is 1. The van der Waals surface area contributed by atoms with Gasteiger partial charge in [0.25, 0.3) is 11.8 Å². The SMILES string of the molecule is Cc1nc2sccn2c1C(=O)NC[C@@H]1C[C@@H]2C[C@@H]2N1C(=O)c1nc(N(C)C)sc1-c1ccccc1.O=C(O)c1cccc2sc(Cl)nc12. The number of anilines is 1. The molecule has 5 heterocycles. The number of aromatic carboxylic acids is 1. The van der Waals surface area contributed by atoms with Gasteiger partial charge in [-0.25, -0.2) is 19.7 Å². The van der Waals surface area contributed by atoms with E-state index in [-0.39, 0.29) is 29.5 Å². The van der Waals surface area contributed by atoms with Crippen molar-refractivity contribution in [1.82, 2.24) is 29.6 Å². The summed E-state index contributed by atoms with van der Waals surface area (Å²) in [5, 5.41) is 14.6. The van der Waals surface area contributed by atoms with Crippen LogP contribution in [0.3, 0.4) is 0 Å². The van der Waals surface area contributed by atoms with E-state index in [0.717, 1.165) is 38.1 Å². The second-order valence-electron chi connectivity index (χ2n) is 11.8. The summed E-state index contributed by atoms with van der Waals surface area (Å²) in [5.41, 5.74) is 3.42. The van der Waals surface area contributed by atoms with E-state index >= 15 is 0 Å². The van der Waals surface area contributed by atoms with Gasteiger partial charge in [0.15, 0.2) is 14.6 Å². The van der Waals surface area contributed by atoms with E-state index in [1.807, 2.05) is 77.1 Å². The number of aromatic nitrogens is 4. The summed E-state index contributed by atoms with van der Waals surface area (Å²) < 4.78 is 2.99. The third-order valence-corrected chi connectivity index (χ3v) is 11.6. The van der Waals surface area contributed by atoms with Crippen LogP contribution in [0, 0.1) is 12.8 Å². The highest BCUT2D eigenvalue weighted by Crippen LogP contribution is 2.49. The summed E-state index contributed by atoms with van der Waals surface area (Å²) in [7, 11) is 3.88. The fourth-order valence-electron chi connectivity index (χ4n) is 6.17. The molecule has 15 heteroatoms. The zero-order chi connectivity index (χ0) is 33.7. The van der Waals surface area contributed by atoms with E-state index < -0.39 is 5.97 Å². The molecule has 1 aliphatic carbocycles. The van der Waals surface area contributed by atoms with E-state index in [1.54, 1.807) is 12.1 Å². The number of nitrogens with one attached hydrogen (secondary N) is 1. The Balaban J connectivity index is 0.000000235. The van der Waals surface area contributed by atoms with Gasteiger partial charge in [-0.05, 0) is 43.4 Å². The smallest absolute Gasteiger partial charge is 0.337 e. The van der Waals surface area contributed by atoms with Crippen molar-refractivity contribution < 1.29 is 19.5 Å². The molecule has 3 atom stereocenters. The first-order valence-corrected chi connectivity index (χ1v) is 18.0. The van der Waals surface area contributed by atoms with Gasteiger partial charge in [-0.3, -0.25) is 14.0 Å². The molecule has 1 saturated carbocycles. The summed E-state index contributed by atoms with van der Waals surface area (Å²) in [6.45, 7) is 2.27. The van der Waals surface area contributed by atoms with Gasteiger partial charge < -0.3 is 20.2 Å². The molecule has 2 N–H and O–H groups in total. The Bertz CT molecular complexity index is 2170. The van der Waals surface area contributed by atoms with Gasteiger partial charge in [0.2, 0.25) is 0 Å². The molecule has 1 saturated heterocycles. The molecule has 6 aromatic rings. The van der Waals surface area contributed by atoms with Gasteiger partial charge in [0.1, 0.15) is 11.4 Å². The number of carboxylic acids is 1. The van der Waals surface area contributed by atoms with Gasteiger partial charge in [-0.15, -0.1) is 22.7 Å². The van der Waals surface area contributed by atoms with Crippen molar-refractivity contribution in [1.29, 1.82) is 0 Å². The molecule has 2 aliphatic rings. The number of carboxylic acid groups (broad SMARTS) is 1. The van der Waals surface area contributed by atoms with Gasteiger partial charge in [0, 0.05) is 38.3 Å². The number of aryl methyl sites for hydroxylation is 1. The Hall–Kier alpha value is -4.37. The van der Waals surface area contributed by atoms with Crippen molar-refractivity contribution >= 4 is 83.7 Å². The largest absolute Gasteiger partial charge is 0.478 e. The third kappa shape index (κ3) is 6.04. The van der Waals surface area contributed by atoms with Crippen molar-refractivity contribution in [2.75, 3.05) is 25.5 Å². The lowest BCUT2D eigenvalue weighted by atomic mass is 10.1. The molecule has 1 aliphatic heterocycles. The van der Waals surface area contributed by atoms with Crippen molar-refractivity contribution in [2.24, 2.45) is 5.92 Å². The Morgan fingerprint density at radius 1 is 1.04 bits per heavy atom. The molecule has 48 heavy (non-hydrogen) atoms. The number of fused-ring (bicyclic) bond motifs is 3. The van der Waals surface area contributed by atoms with Gasteiger partial charge in [-0.1, -0.05) is 59.3 Å². The number of imidazole rings is 1. The number of hydrogen-bond donors (Lipinski definition) is 2. The van der Waals surface area contributed by atoms with Crippen LogP contribution < -0.4 is 10.2 Å². The summed E-state index contributed by atoms with van der Waals surface area (Å²) in [5.74, 6) is -0.672. The summed E-state index contributed by atoms with van der Waals surface area (Å²) in [6.07, 6.45) is 3.80. The van der Waals surface area contributed by atoms with Crippen molar-refractivity contribution in [3.05, 3.63) is 87.2 Å². The quantitative estimate of drug-likeness (QED) is 0.189. The average molecular weight is 720 g/mol. The first-order chi connectivity index (χ1) is 23.1. The van der Waals surface area contributed by atoms with Crippen LogP contribution in [0.2, 0.25) is 4.47 Å². The molecule has 8 rings (SSSR count). The number of carbonyl (C=O) groups excluding carboxylic acids is 2. The standard InChI is InChI=1S/C25H26N6O2S2.C8H4ClNO2S/c1-14-20(30-9-10-34-25(30)27-14)22(32)26-13-17-11-16-12-18(16)31(17)23(33)19-21(15-7-5-4-6-8-15)35-24(28-19)29(2)3;9-8-10-6-4(7(11)12)2-1-3-5(6)13-8/h4-10,16-18H,11-13H2,1-3H3,(H,26,32);1-3H,(H,11,12)/t16-,17+,18+;/m1./s1. The summed E-state index contributed by atoms with van der Waals surface area (Å²) in [4.78, 5) is 56.5. The van der Waals surface area contributed by atoms with Crippen LogP contribution in [0.25, 0.3) is 25.6 Å². The zero-order valence-corrected chi connectivity index (χ0v) is 29.3. The normalized spacial score (nSPS) is 18.0. The fourth-order valence-corrected chi connectivity index (χ4v) is 8.96. The van der Waals surface area contributed by atoms with E-state index in [1.165, 1.54) is 40.1 Å². The van der Waals surface area contributed by atoms with Crippen LogP contribution in [0.4, 0.5) is 5.13 Å². The Labute approximate surface area is 292 Å². The number of benzene rings is 2. The lowest BCUT2D eigenvalue weighted by Crippen LogP contribution is -2.45. The topological polar surface area (TPSA) is 133 Å². The van der Waals surface area contributed by atoms with Gasteiger partial charge in [-0.2, -0.15) is 0 Å². The summed E-state index contributed by atoms with van der Waals surface area (Å²) >= 11 is 9.99. The molecule has 2 amide bonds. The highest BCUT2D eigenvalue weighted by molar-refractivity contribution is 7.22. The molecule has 2 aromatic carbocycles. The molecule has 4 aromatic heterocycles. The number of nitrogens with zero attached hydrogens (tertiary/aromatic N) is 6. The van der Waals surface area contributed by atoms with Gasteiger partial charge >= 0.3 is 5.97 Å². The number of halogens is 1. The molecule has 0 unspecified atom stereocenters.